The first kappa shape index (κ1) is 29.1. The van der Waals surface area contributed by atoms with Crippen LogP contribution in [0.4, 0.5) is 5.95 Å². The maximum atomic E-state index is 12.1. The van der Waals surface area contributed by atoms with Crippen molar-refractivity contribution in [1.82, 2.24) is 30.1 Å². The summed E-state index contributed by atoms with van der Waals surface area (Å²) in [7, 11) is 1.70. The van der Waals surface area contributed by atoms with Crippen LogP contribution in [0.25, 0.3) is 11.3 Å². The largest absolute Gasteiger partial charge is 0.436 e. The molecule has 0 aliphatic carbocycles. The number of nitrogens with one attached hydrogen (secondary N) is 1. The Morgan fingerprint density at radius 3 is 2.29 bits per heavy atom. The Morgan fingerprint density at radius 1 is 0.976 bits per heavy atom. The number of pyridine rings is 1. The van der Waals surface area contributed by atoms with Gasteiger partial charge in [0.25, 0.3) is 0 Å². The summed E-state index contributed by atoms with van der Waals surface area (Å²) in [6, 6.07) is 9.91. The second-order valence-electron chi connectivity index (χ2n) is 11.1. The van der Waals surface area contributed by atoms with E-state index >= 15 is 0 Å². The second kappa shape index (κ2) is 13.1. The van der Waals surface area contributed by atoms with Crippen LogP contribution >= 0.6 is 23.2 Å². The maximum absolute atomic E-state index is 12.1. The average Bonchev–Trinajstić information content (AvgIpc) is 2.96. The first-order valence-electron chi connectivity index (χ1n) is 14.4. The van der Waals surface area contributed by atoms with Crippen molar-refractivity contribution in [3.63, 3.8) is 0 Å². The summed E-state index contributed by atoms with van der Waals surface area (Å²) in [6.45, 7) is 7.77. The lowest BCUT2D eigenvalue weighted by atomic mass is 9.95. The van der Waals surface area contributed by atoms with Crippen LogP contribution < -0.4 is 15.0 Å². The van der Waals surface area contributed by atoms with Crippen molar-refractivity contribution in [3.8, 4) is 22.9 Å². The van der Waals surface area contributed by atoms with Crippen LogP contribution in [0.1, 0.15) is 18.4 Å². The fourth-order valence-electron chi connectivity index (χ4n) is 5.74. The summed E-state index contributed by atoms with van der Waals surface area (Å²) >= 11 is 12.6. The molecule has 0 unspecified atom stereocenters. The Labute approximate surface area is 255 Å². The van der Waals surface area contributed by atoms with Crippen molar-refractivity contribution in [1.29, 1.82) is 0 Å². The minimum Gasteiger partial charge on any atom is -0.436 e. The number of carbonyl (C=O) groups is 1. The van der Waals surface area contributed by atoms with Gasteiger partial charge in [-0.25, -0.2) is 15.0 Å². The van der Waals surface area contributed by atoms with Crippen LogP contribution in [0.2, 0.25) is 10.0 Å². The summed E-state index contributed by atoms with van der Waals surface area (Å²) in [4.78, 5) is 33.1. The van der Waals surface area contributed by atoms with Gasteiger partial charge in [-0.1, -0.05) is 23.2 Å². The van der Waals surface area contributed by atoms with Gasteiger partial charge in [0.05, 0.1) is 37.3 Å². The number of likely N-dealkylation sites (tertiary alicyclic amines) is 1. The van der Waals surface area contributed by atoms with Crippen LogP contribution in [0.5, 0.6) is 11.6 Å². The second-order valence-corrected chi connectivity index (χ2v) is 11.9. The summed E-state index contributed by atoms with van der Waals surface area (Å²) in [5.74, 6) is 1.83. The lowest BCUT2D eigenvalue weighted by Gasteiger charge is -2.42. The third-order valence-corrected chi connectivity index (χ3v) is 8.64. The number of amides is 1. The molecule has 6 rings (SSSR count). The molecule has 1 aromatic carbocycles. The molecular formula is C30H35Cl2N7O3. The molecule has 1 N–H and O–H groups in total. The molecule has 2 aromatic heterocycles. The Kier molecular flexibility index (Phi) is 9.06. The number of rotatable bonds is 8. The topological polar surface area (TPSA) is 96.0 Å². The SMILES string of the molecule is CNC(=O)C1CCN(Cc2cc(Oc3cnc(N4CCN(C5COC5)CC4)nc3)nc(-c3cc(Cl)cc(Cl)c3)c2)CC1. The number of piperidine rings is 1. The fourth-order valence-corrected chi connectivity index (χ4v) is 6.26. The molecule has 5 heterocycles. The maximum Gasteiger partial charge on any atom is 0.225 e. The number of carbonyl (C=O) groups excluding carboxylic acids is 1. The lowest BCUT2D eigenvalue weighted by Crippen LogP contribution is -2.56. The van der Waals surface area contributed by atoms with Gasteiger partial charge in [0.1, 0.15) is 0 Å². The van der Waals surface area contributed by atoms with Crippen molar-refractivity contribution in [2.75, 3.05) is 64.4 Å². The molecule has 0 saturated carbocycles. The molecule has 3 fully saturated rings. The minimum absolute atomic E-state index is 0.0657. The number of nitrogens with zero attached hydrogens (tertiary/aromatic N) is 6. The molecule has 12 heteroatoms. The minimum atomic E-state index is 0.0657. The molecule has 3 aromatic rings. The number of halogens is 2. The van der Waals surface area contributed by atoms with E-state index in [4.69, 9.17) is 37.7 Å². The van der Waals surface area contributed by atoms with Gasteiger partial charge in [-0.15, -0.1) is 0 Å². The van der Waals surface area contributed by atoms with Gasteiger partial charge in [-0.2, -0.15) is 0 Å². The van der Waals surface area contributed by atoms with Crippen molar-refractivity contribution in [3.05, 3.63) is 58.3 Å². The zero-order chi connectivity index (χ0) is 29.1. The van der Waals surface area contributed by atoms with Crippen molar-refractivity contribution in [2.24, 2.45) is 5.92 Å². The fraction of sp³-hybridized carbons (Fsp3) is 0.467. The number of ether oxygens (including phenoxy) is 2. The predicted octanol–water partition coefficient (Wildman–Crippen LogP) is 4.12. The normalized spacial score (nSPS) is 19.0. The molecule has 3 aliphatic rings. The number of benzene rings is 1. The first-order valence-corrected chi connectivity index (χ1v) is 15.2. The number of hydrogen-bond acceptors (Lipinski definition) is 9. The number of aromatic nitrogens is 3. The van der Waals surface area contributed by atoms with Crippen LogP contribution in [0.15, 0.2) is 42.7 Å². The molecule has 0 atom stereocenters. The number of piperazine rings is 1. The van der Waals surface area contributed by atoms with Gasteiger partial charge in [0.2, 0.25) is 17.7 Å². The summed E-state index contributed by atoms with van der Waals surface area (Å²) in [5, 5.41) is 3.85. The Hall–Kier alpha value is -3.02. The molecule has 3 aliphatic heterocycles. The Balaban J connectivity index is 1.17. The highest BCUT2D eigenvalue weighted by atomic mass is 35.5. The third kappa shape index (κ3) is 6.95. The first-order chi connectivity index (χ1) is 20.4. The van der Waals surface area contributed by atoms with E-state index < -0.39 is 0 Å². The average molecular weight is 613 g/mol. The van der Waals surface area contributed by atoms with Gasteiger partial charge in [-0.3, -0.25) is 14.6 Å². The molecule has 1 amide bonds. The van der Waals surface area contributed by atoms with Crippen LogP contribution in [0, 0.1) is 5.92 Å². The molecule has 0 bridgehead atoms. The van der Waals surface area contributed by atoms with Gasteiger partial charge >= 0.3 is 0 Å². The molecule has 10 nitrogen and oxygen atoms in total. The van der Waals surface area contributed by atoms with E-state index in [0.29, 0.717) is 45.9 Å². The monoisotopic (exact) mass is 611 g/mol. The molecular weight excluding hydrogens is 577 g/mol. The molecule has 0 spiro atoms. The van der Waals surface area contributed by atoms with E-state index in [-0.39, 0.29) is 11.8 Å². The van der Waals surface area contributed by atoms with Crippen molar-refractivity contribution < 1.29 is 14.3 Å². The molecule has 3 saturated heterocycles. The van der Waals surface area contributed by atoms with E-state index in [0.717, 1.165) is 76.5 Å². The number of hydrogen-bond donors (Lipinski definition) is 1. The van der Waals surface area contributed by atoms with Gasteiger partial charge in [0.15, 0.2) is 5.75 Å². The van der Waals surface area contributed by atoms with Crippen LogP contribution in [0.3, 0.4) is 0 Å². The van der Waals surface area contributed by atoms with Crippen LogP contribution in [-0.2, 0) is 16.1 Å². The van der Waals surface area contributed by atoms with Gasteiger partial charge < -0.3 is 19.7 Å². The van der Waals surface area contributed by atoms with Crippen molar-refractivity contribution in [2.45, 2.75) is 25.4 Å². The number of anilines is 1. The lowest BCUT2D eigenvalue weighted by molar-refractivity contribution is -0.125. The molecule has 0 radical (unpaired) electrons. The predicted molar refractivity (Wildman–Crippen MR) is 162 cm³/mol. The molecule has 42 heavy (non-hydrogen) atoms. The zero-order valence-electron chi connectivity index (χ0n) is 23.6. The van der Waals surface area contributed by atoms with Crippen molar-refractivity contribution >= 4 is 35.1 Å². The van der Waals surface area contributed by atoms with E-state index in [9.17, 15) is 4.79 Å². The highest BCUT2D eigenvalue weighted by Gasteiger charge is 2.29. The standard InChI is InChI=1S/C30H35Cl2N7O3/c1-33-29(40)21-2-4-37(5-3-21)17-20-10-27(22-12-23(31)14-24(32)13-22)36-28(11-20)42-26-15-34-30(35-16-26)39-8-6-38(7-9-39)25-18-41-19-25/h10-16,21,25H,2-9,17-19H2,1H3,(H,33,40). The van der Waals surface area contributed by atoms with E-state index in [1.807, 2.05) is 24.3 Å². The highest BCUT2D eigenvalue weighted by molar-refractivity contribution is 6.35. The van der Waals surface area contributed by atoms with Gasteiger partial charge in [0, 0.05) is 67.4 Å². The smallest absolute Gasteiger partial charge is 0.225 e. The third-order valence-electron chi connectivity index (χ3n) is 8.20. The van der Waals surface area contributed by atoms with E-state index in [2.05, 4.69) is 30.0 Å². The zero-order valence-corrected chi connectivity index (χ0v) is 25.2. The quantitative estimate of drug-likeness (QED) is 0.403. The van der Waals surface area contributed by atoms with E-state index in [1.54, 1.807) is 25.5 Å². The van der Waals surface area contributed by atoms with E-state index in [1.165, 1.54) is 0 Å². The Morgan fingerprint density at radius 2 is 1.67 bits per heavy atom. The Bertz CT molecular complexity index is 1370. The van der Waals surface area contributed by atoms with Crippen LogP contribution in [-0.4, -0.2) is 96.2 Å². The molecule has 222 valence electrons. The van der Waals surface area contributed by atoms with Gasteiger partial charge in [-0.05, 0) is 55.8 Å². The highest BCUT2D eigenvalue weighted by Crippen LogP contribution is 2.31. The summed E-state index contributed by atoms with van der Waals surface area (Å²) in [5.41, 5.74) is 2.55. The summed E-state index contributed by atoms with van der Waals surface area (Å²) < 4.78 is 11.5. The summed E-state index contributed by atoms with van der Waals surface area (Å²) in [6.07, 6.45) is 5.06.